The second-order valence-corrected chi connectivity index (χ2v) is 5.52. The molecule has 4 heteroatoms. The van der Waals surface area contributed by atoms with Crippen molar-refractivity contribution in [2.45, 2.75) is 12.8 Å². The summed E-state index contributed by atoms with van der Waals surface area (Å²) < 4.78 is 0. The van der Waals surface area contributed by atoms with Crippen LogP contribution in [0.2, 0.25) is 0 Å². The molecule has 0 saturated heterocycles. The molecule has 3 rings (SSSR count). The molecule has 0 aliphatic rings. The van der Waals surface area contributed by atoms with Crippen molar-refractivity contribution in [2.24, 2.45) is 0 Å². The van der Waals surface area contributed by atoms with Gasteiger partial charge in [-0.05, 0) is 18.6 Å². The summed E-state index contributed by atoms with van der Waals surface area (Å²) in [5.41, 5.74) is 2.54. The smallest absolute Gasteiger partial charge is 0.227 e. The molecule has 0 fully saturated rings. The van der Waals surface area contributed by atoms with E-state index in [0.717, 1.165) is 16.5 Å². The van der Waals surface area contributed by atoms with Gasteiger partial charge in [-0.3, -0.25) is 9.59 Å². The van der Waals surface area contributed by atoms with Crippen LogP contribution in [0.3, 0.4) is 0 Å². The standard InChI is InChI=1S/C19H18N2O2/c1-13(16-11-20-17-10-6-5-9-15(16)17)19(23)21-12-18(22)14-7-3-2-4-8-14/h2-11,13,20H,12H2,1H3,(H,21,23). The molecule has 0 spiro atoms. The molecule has 2 aromatic carbocycles. The minimum atomic E-state index is -0.324. The first kappa shape index (κ1) is 15.0. The fourth-order valence-corrected chi connectivity index (χ4v) is 2.64. The van der Waals surface area contributed by atoms with Crippen LogP contribution < -0.4 is 5.32 Å². The van der Waals surface area contributed by atoms with E-state index in [0.29, 0.717) is 5.56 Å². The lowest BCUT2D eigenvalue weighted by atomic mass is 9.99. The fraction of sp³-hybridized carbons (Fsp3) is 0.158. The van der Waals surface area contributed by atoms with Crippen molar-refractivity contribution in [2.75, 3.05) is 6.54 Å². The number of Topliss-reactive ketones (excluding diaryl/α,β-unsaturated/α-hetero) is 1. The van der Waals surface area contributed by atoms with E-state index in [-0.39, 0.29) is 24.2 Å². The Balaban J connectivity index is 1.67. The zero-order valence-electron chi connectivity index (χ0n) is 12.9. The molecule has 4 nitrogen and oxygen atoms in total. The Morgan fingerprint density at radius 1 is 1.04 bits per heavy atom. The molecule has 116 valence electrons. The molecule has 0 aliphatic heterocycles. The summed E-state index contributed by atoms with van der Waals surface area (Å²) >= 11 is 0. The lowest BCUT2D eigenvalue weighted by molar-refractivity contribution is -0.122. The van der Waals surface area contributed by atoms with Crippen LogP contribution in [0.4, 0.5) is 0 Å². The summed E-state index contributed by atoms with van der Waals surface area (Å²) in [4.78, 5) is 27.6. The van der Waals surface area contributed by atoms with Gasteiger partial charge in [0.25, 0.3) is 0 Å². The molecular weight excluding hydrogens is 288 g/mol. The molecule has 0 saturated carbocycles. The normalized spacial score (nSPS) is 12.0. The van der Waals surface area contributed by atoms with Crippen molar-refractivity contribution in [1.82, 2.24) is 10.3 Å². The highest BCUT2D eigenvalue weighted by molar-refractivity contribution is 6.00. The number of hydrogen-bond donors (Lipinski definition) is 2. The number of nitrogens with one attached hydrogen (secondary N) is 2. The van der Waals surface area contributed by atoms with E-state index in [1.54, 1.807) is 12.1 Å². The molecule has 1 heterocycles. The fourth-order valence-electron chi connectivity index (χ4n) is 2.64. The van der Waals surface area contributed by atoms with Crippen molar-refractivity contribution >= 4 is 22.6 Å². The zero-order chi connectivity index (χ0) is 16.2. The third-order valence-electron chi connectivity index (χ3n) is 4.00. The maximum Gasteiger partial charge on any atom is 0.227 e. The van der Waals surface area contributed by atoms with Gasteiger partial charge in [-0.1, -0.05) is 48.5 Å². The van der Waals surface area contributed by atoms with E-state index in [9.17, 15) is 9.59 Å². The van der Waals surface area contributed by atoms with Crippen LogP contribution in [0.25, 0.3) is 10.9 Å². The summed E-state index contributed by atoms with van der Waals surface area (Å²) in [5.74, 6) is -0.571. The first-order valence-corrected chi connectivity index (χ1v) is 7.59. The van der Waals surface area contributed by atoms with Gasteiger partial charge >= 0.3 is 0 Å². The third kappa shape index (κ3) is 3.16. The van der Waals surface area contributed by atoms with Gasteiger partial charge in [0, 0.05) is 22.7 Å². The molecule has 0 radical (unpaired) electrons. The van der Waals surface area contributed by atoms with E-state index in [4.69, 9.17) is 0 Å². The lowest BCUT2D eigenvalue weighted by Gasteiger charge is -2.11. The Hall–Kier alpha value is -2.88. The number of benzene rings is 2. The van der Waals surface area contributed by atoms with Crippen molar-refractivity contribution < 1.29 is 9.59 Å². The second-order valence-electron chi connectivity index (χ2n) is 5.52. The average molecular weight is 306 g/mol. The number of para-hydroxylation sites is 1. The minimum absolute atomic E-state index is 0.00947. The summed E-state index contributed by atoms with van der Waals surface area (Å²) in [6, 6.07) is 16.8. The lowest BCUT2D eigenvalue weighted by Crippen LogP contribution is -2.32. The molecule has 3 aromatic rings. The van der Waals surface area contributed by atoms with Gasteiger partial charge < -0.3 is 10.3 Å². The monoisotopic (exact) mass is 306 g/mol. The number of rotatable bonds is 5. The highest BCUT2D eigenvalue weighted by Gasteiger charge is 2.19. The van der Waals surface area contributed by atoms with Crippen molar-refractivity contribution in [3.05, 3.63) is 71.9 Å². The molecule has 1 aromatic heterocycles. The Morgan fingerprint density at radius 2 is 1.74 bits per heavy atom. The number of hydrogen-bond acceptors (Lipinski definition) is 2. The van der Waals surface area contributed by atoms with Crippen LogP contribution in [-0.2, 0) is 4.79 Å². The van der Waals surface area contributed by atoms with Crippen LogP contribution in [0.1, 0.15) is 28.8 Å². The topological polar surface area (TPSA) is 62.0 Å². The predicted molar refractivity (Wildman–Crippen MR) is 90.5 cm³/mol. The van der Waals surface area contributed by atoms with E-state index in [1.807, 2.05) is 55.6 Å². The highest BCUT2D eigenvalue weighted by atomic mass is 16.2. The number of ketones is 1. The summed E-state index contributed by atoms with van der Waals surface area (Å²) in [5, 5.41) is 3.76. The SMILES string of the molecule is CC(C(=O)NCC(=O)c1ccccc1)c1c[nH]c2ccccc12. The third-order valence-corrected chi connectivity index (χ3v) is 4.00. The maximum atomic E-state index is 12.3. The number of fused-ring (bicyclic) bond motifs is 1. The quantitative estimate of drug-likeness (QED) is 0.711. The van der Waals surface area contributed by atoms with Crippen molar-refractivity contribution in [1.29, 1.82) is 0 Å². The van der Waals surface area contributed by atoms with Gasteiger partial charge in [-0.25, -0.2) is 0 Å². The Morgan fingerprint density at radius 3 is 2.52 bits per heavy atom. The summed E-state index contributed by atoms with van der Waals surface area (Å²) in [7, 11) is 0. The Labute approximate surface area is 134 Å². The number of amides is 1. The van der Waals surface area contributed by atoms with Gasteiger partial charge in [-0.15, -0.1) is 0 Å². The number of aromatic amines is 1. The zero-order valence-corrected chi connectivity index (χ0v) is 12.9. The van der Waals surface area contributed by atoms with Gasteiger partial charge in [0.05, 0.1) is 12.5 Å². The number of aromatic nitrogens is 1. The Bertz CT molecular complexity index is 837. The summed E-state index contributed by atoms with van der Waals surface area (Å²) in [6.07, 6.45) is 1.86. The molecule has 23 heavy (non-hydrogen) atoms. The van der Waals surface area contributed by atoms with Crippen LogP contribution in [0, 0.1) is 0 Å². The van der Waals surface area contributed by atoms with Crippen LogP contribution in [0.15, 0.2) is 60.8 Å². The van der Waals surface area contributed by atoms with E-state index < -0.39 is 0 Å². The van der Waals surface area contributed by atoms with Crippen LogP contribution in [0.5, 0.6) is 0 Å². The first-order chi connectivity index (χ1) is 11.2. The molecule has 0 bridgehead atoms. The average Bonchev–Trinajstić information content (AvgIpc) is 3.03. The van der Waals surface area contributed by atoms with Crippen molar-refractivity contribution in [3.63, 3.8) is 0 Å². The second kappa shape index (κ2) is 6.48. The van der Waals surface area contributed by atoms with Gasteiger partial charge in [0.15, 0.2) is 5.78 Å². The van der Waals surface area contributed by atoms with Crippen LogP contribution >= 0.6 is 0 Å². The maximum absolute atomic E-state index is 12.3. The number of carbonyl (C=O) groups is 2. The molecule has 1 unspecified atom stereocenters. The predicted octanol–water partition coefficient (Wildman–Crippen LogP) is 3.27. The molecule has 2 N–H and O–H groups in total. The number of H-pyrrole nitrogens is 1. The minimum Gasteiger partial charge on any atom is -0.361 e. The van der Waals surface area contributed by atoms with E-state index in [2.05, 4.69) is 10.3 Å². The van der Waals surface area contributed by atoms with Crippen LogP contribution in [-0.4, -0.2) is 23.2 Å². The molecular formula is C19H18N2O2. The van der Waals surface area contributed by atoms with Gasteiger partial charge in [0.2, 0.25) is 5.91 Å². The first-order valence-electron chi connectivity index (χ1n) is 7.59. The molecule has 1 amide bonds. The van der Waals surface area contributed by atoms with E-state index >= 15 is 0 Å². The van der Waals surface area contributed by atoms with Gasteiger partial charge in [-0.2, -0.15) is 0 Å². The van der Waals surface area contributed by atoms with E-state index in [1.165, 1.54) is 0 Å². The summed E-state index contributed by atoms with van der Waals surface area (Å²) in [6.45, 7) is 1.85. The van der Waals surface area contributed by atoms with Gasteiger partial charge in [0.1, 0.15) is 0 Å². The highest BCUT2D eigenvalue weighted by Crippen LogP contribution is 2.25. The Kier molecular flexibility index (Phi) is 4.24. The molecule has 0 aliphatic carbocycles. The number of carbonyl (C=O) groups excluding carboxylic acids is 2. The van der Waals surface area contributed by atoms with Crippen molar-refractivity contribution in [3.8, 4) is 0 Å². The molecule has 1 atom stereocenters. The largest absolute Gasteiger partial charge is 0.361 e.